The summed E-state index contributed by atoms with van der Waals surface area (Å²) < 4.78 is 22.9. The molecule has 0 saturated carbocycles. The maximum atomic E-state index is 11.5. The van der Waals surface area contributed by atoms with Crippen molar-refractivity contribution < 1.29 is 54.4 Å². The van der Waals surface area contributed by atoms with Crippen LogP contribution < -0.4 is 0 Å². The molecule has 218 valence electrons. The third kappa shape index (κ3) is 9.98. The first-order valence-corrected chi connectivity index (χ1v) is 13.8. The number of carbonyl (C=O) groups is 1. The van der Waals surface area contributed by atoms with E-state index in [1.54, 1.807) is 6.92 Å². The fraction of sp³-hybridized carbons (Fsp3) is 0.962. The van der Waals surface area contributed by atoms with E-state index in [1.807, 2.05) is 0 Å². The van der Waals surface area contributed by atoms with E-state index in [2.05, 4.69) is 6.92 Å². The Morgan fingerprint density at radius 3 is 1.81 bits per heavy atom. The molecule has 0 aliphatic carbocycles. The number of aliphatic carboxylic acids is 1. The third-order valence-electron chi connectivity index (χ3n) is 7.24. The minimum Gasteiger partial charge on any atom is -0.481 e. The second-order valence-corrected chi connectivity index (χ2v) is 10.4. The number of aliphatic hydroxyl groups is 5. The van der Waals surface area contributed by atoms with Crippen molar-refractivity contribution in [1.82, 2.24) is 0 Å². The number of aliphatic hydroxyl groups excluding tert-OH is 5. The predicted molar refractivity (Wildman–Crippen MR) is 133 cm³/mol. The van der Waals surface area contributed by atoms with E-state index in [0.717, 1.165) is 25.7 Å². The average molecular weight is 537 g/mol. The van der Waals surface area contributed by atoms with E-state index in [-0.39, 0.29) is 6.42 Å². The number of hydrogen-bond acceptors (Lipinski definition) is 10. The van der Waals surface area contributed by atoms with Gasteiger partial charge in [-0.3, -0.25) is 4.79 Å². The summed E-state index contributed by atoms with van der Waals surface area (Å²) in [6.45, 7) is 5.22. The molecule has 6 N–H and O–H groups in total. The molecule has 0 aromatic rings. The first-order chi connectivity index (χ1) is 17.6. The first kappa shape index (κ1) is 32.3. The van der Waals surface area contributed by atoms with Crippen molar-refractivity contribution in [2.24, 2.45) is 0 Å². The van der Waals surface area contributed by atoms with Crippen molar-refractivity contribution >= 4 is 5.97 Å². The first-order valence-electron chi connectivity index (χ1n) is 13.8. The lowest BCUT2D eigenvalue weighted by Crippen LogP contribution is -2.63. The zero-order valence-corrected chi connectivity index (χ0v) is 22.4. The molecule has 0 amide bonds. The predicted octanol–water partition coefficient (Wildman–Crippen LogP) is 1.45. The van der Waals surface area contributed by atoms with Gasteiger partial charge in [0, 0.05) is 0 Å². The van der Waals surface area contributed by atoms with Crippen molar-refractivity contribution in [3.63, 3.8) is 0 Å². The second-order valence-electron chi connectivity index (χ2n) is 10.4. The molecule has 2 rings (SSSR count). The molecular weight excluding hydrogens is 488 g/mol. The summed E-state index contributed by atoms with van der Waals surface area (Å²) in [6, 6.07) is 0. The fourth-order valence-corrected chi connectivity index (χ4v) is 4.82. The van der Waals surface area contributed by atoms with Gasteiger partial charge in [-0.2, -0.15) is 0 Å². The molecule has 11 nitrogen and oxygen atoms in total. The van der Waals surface area contributed by atoms with Crippen molar-refractivity contribution in [2.75, 3.05) is 0 Å². The highest BCUT2D eigenvalue weighted by molar-refractivity contribution is 5.67. The van der Waals surface area contributed by atoms with E-state index in [4.69, 9.17) is 18.9 Å². The summed E-state index contributed by atoms with van der Waals surface area (Å²) in [7, 11) is 0. The Balaban J connectivity index is 1.98. The van der Waals surface area contributed by atoms with Gasteiger partial charge in [0.2, 0.25) is 0 Å². The van der Waals surface area contributed by atoms with Gasteiger partial charge in [0.1, 0.15) is 36.6 Å². The average Bonchev–Trinajstić information content (AvgIpc) is 2.85. The molecule has 0 aromatic heterocycles. The van der Waals surface area contributed by atoms with E-state index in [1.165, 1.54) is 39.0 Å². The van der Waals surface area contributed by atoms with Gasteiger partial charge in [-0.15, -0.1) is 0 Å². The highest BCUT2D eigenvalue weighted by Crippen LogP contribution is 2.31. The van der Waals surface area contributed by atoms with Crippen molar-refractivity contribution in [3.05, 3.63) is 0 Å². The normalized spacial score (nSPS) is 37.4. The molecule has 2 saturated heterocycles. The van der Waals surface area contributed by atoms with E-state index < -0.39 is 73.5 Å². The molecule has 0 radical (unpaired) electrons. The molecule has 11 atom stereocenters. The third-order valence-corrected chi connectivity index (χ3v) is 7.24. The Labute approximate surface area is 219 Å². The second kappa shape index (κ2) is 16.3. The fourth-order valence-electron chi connectivity index (χ4n) is 4.82. The van der Waals surface area contributed by atoms with Gasteiger partial charge in [-0.05, 0) is 20.3 Å². The minimum absolute atomic E-state index is 0.277. The largest absolute Gasteiger partial charge is 0.481 e. The monoisotopic (exact) mass is 536 g/mol. The van der Waals surface area contributed by atoms with Crippen LogP contribution in [-0.4, -0.2) is 104 Å². The zero-order chi connectivity index (χ0) is 27.5. The molecule has 2 fully saturated rings. The molecule has 1 unspecified atom stereocenters. The maximum absolute atomic E-state index is 11.5. The van der Waals surface area contributed by atoms with Gasteiger partial charge in [-0.25, -0.2) is 0 Å². The Bertz CT molecular complexity index is 650. The molecule has 2 heterocycles. The maximum Gasteiger partial charge on any atom is 0.305 e. The molecule has 0 spiro atoms. The van der Waals surface area contributed by atoms with Crippen LogP contribution in [0.3, 0.4) is 0 Å². The van der Waals surface area contributed by atoms with Crippen LogP contribution in [0.15, 0.2) is 0 Å². The molecule has 0 aromatic carbocycles. The molecule has 0 bridgehead atoms. The van der Waals surface area contributed by atoms with Crippen LogP contribution in [0.5, 0.6) is 0 Å². The van der Waals surface area contributed by atoms with Gasteiger partial charge < -0.3 is 49.6 Å². The number of ether oxygens (including phenoxy) is 4. The van der Waals surface area contributed by atoms with Crippen LogP contribution >= 0.6 is 0 Å². The van der Waals surface area contributed by atoms with Gasteiger partial charge in [0.25, 0.3) is 0 Å². The number of carboxylic acid groups (broad SMARTS) is 1. The number of hydrogen-bond donors (Lipinski definition) is 6. The van der Waals surface area contributed by atoms with Crippen LogP contribution in [0, 0.1) is 0 Å². The zero-order valence-electron chi connectivity index (χ0n) is 22.4. The van der Waals surface area contributed by atoms with Gasteiger partial charge in [0.05, 0.1) is 24.7 Å². The van der Waals surface area contributed by atoms with E-state index >= 15 is 0 Å². The standard InChI is InChI=1S/C26H48O11/c1-4-5-6-7-8-9-10-11-12-13-17(14-18(27)28)36-26-24(22(32)20(30)16(3)35-26)37-25-23(33)21(31)19(29)15(2)34-25/h15-17,19-26,29-33H,4-14H2,1-3H3,(H,27,28)/t15-,16-,17?,19+,20-,21-,22+,23-,24+,25+,26-/m0/s1. The lowest BCUT2D eigenvalue weighted by molar-refractivity contribution is -0.366. The van der Waals surface area contributed by atoms with E-state index in [0.29, 0.717) is 6.42 Å². The van der Waals surface area contributed by atoms with E-state index in [9.17, 15) is 35.4 Å². The Morgan fingerprint density at radius 1 is 0.730 bits per heavy atom. The van der Waals surface area contributed by atoms with Gasteiger partial charge in [0.15, 0.2) is 12.6 Å². The highest BCUT2D eigenvalue weighted by atomic mass is 16.8. The Hall–Kier alpha value is -0.890. The molecule has 2 aliphatic rings. The highest BCUT2D eigenvalue weighted by Gasteiger charge is 2.50. The number of rotatable bonds is 16. The quantitative estimate of drug-likeness (QED) is 0.157. The van der Waals surface area contributed by atoms with Crippen LogP contribution in [0.4, 0.5) is 0 Å². The molecule has 11 heteroatoms. The smallest absolute Gasteiger partial charge is 0.305 e. The van der Waals surface area contributed by atoms with Crippen LogP contribution in [0.1, 0.15) is 91.4 Å². The van der Waals surface area contributed by atoms with Crippen LogP contribution in [-0.2, 0) is 23.7 Å². The van der Waals surface area contributed by atoms with Crippen molar-refractivity contribution in [3.8, 4) is 0 Å². The Morgan fingerprint density at radius 2 is 1.24 bits per heavy atom. The summed E-state index contributed by atoms with van der Waals surface area (Å²) in [6.07, 6.45) is -3.58. The summed E-state index contributed by atoms with van der Waals surface area (Å²) in [5, 5.41) is 60.8. The number of carboxylic acids is 1. The van der Waals surface area contributed by atoms with Gasteiger partial charge in [-0.1, -0.05) is 64.7 Å². The summed E-state index contributed by atoms with van der Waals surface area (Å²) in [5.41, 5.74) is 0. The van der Waals surface area contributed by atoms with Crippen LogP contribution in [0.2, 0.25) is 0 Å². The lowest BCUT2D eigenvalue weighted by Gasteiger charge is -2.46. The Kier molecular flexibility index (Phi) is 14.2. The molecular formula is C26H48O11. The van der Waals surface area contributed by atoms with Gasteiger partial charge >= 0.3 is 5.97 Å². The SMILES string of the molecule is CCCCCCCCCCCC(CC(=O)O)O[C@@H]1O[C@@H](C)[C@H](O)[C@@H](O)[C@H]1O[C@H]1O[C@@H](C)[C@@H](O)[C@H](O)[C@@H]1O. The van der Waals surface area contributed by atoms with Crippen LogP contribution in [0.25, 0.3) is 0 Å². The molecule has 2 aliphatic heterocycles. The van der Waals surface area contributed by atoms with Crippen molar-refractivity contribution in [1.29, 1.82) is 0 Å². The topological polar surface area (TPSA) is 175 Å². The number of unbranched alkanes of at least 4 members (excludes halogenated alkanes) is 8. The molecule has 37 heavy (non-hydrogen) atoms. The lowest BCUT2D eigenvalue weighted by atomic mass is 9.97. The summed E-state index contributed by atoms with van der Waals surface area (Å²) >= 11 is 0. The van der Waals surface area contributed by atoms with Crippen molar-refractivity contribution in [2.45, 2.75) is 159 Å². The summed E-state index contributed by atoms with van der Waals surface area (Å²) in [5.74, 6) is -1.04. The summed E-state index contributed by atoms with van der Waals surface area (Å²) in [4.78, 5) is 11.5. The minimum atomic E-state index is -1.63.